The van der Waals surface area contributed by atoms with Gasteiger partial charge in [0.05, 0.1) is 12.0 Å². The lowest BCUT2D eigenvalue weighted by Crippen LogP contribution is -2.62. The van der Waals surface area contributed by atoms with Crippen molar-refractivity contribution in [3.8, 4) is 0 Å². The zero-order valence-corrected chi connectivity index (χ0v) is 33.8. The third-order valence-electron chi connectivity index (χ3n) is 16.3. The molecule has 4 N–H and O–H groups in total. The van der Waals surface area contributed by atoms with Crippen LogP contribution in [0, 0.1) is 63.1 Å². The van der Waals surface area contributed by atoms with Gasteiger partial charge in [-0.15, -0.1) is 0 Å². The number of amides is 1. The third kappa shape index (κ3) is 7.75. The van der Waals surface area contributed by atoms with Crippen molar-refractivity contribution in [3.05, 3.63) is 41.5 Å². The molecule has 1 aromatic rings. The van der Waals surface area contributed by atoms with Crippen LogP contribution < -0.4 is 10.6 Å². The number of carbonyl (C=O) groups is 3. The number of nitrogens with zero attached hydrogens (tertiary/aromatic N) is 1. The first-order valence-electron chi connectivity index (χ1n) is 20.9. The van der Waals surface area contributed by atoms with E-state index in [9.17, 15) is 24.6 Å². The Bertz CT molecular complexity index is 1540. The molecule has 53 heavy (non-hydrogen) atoms. The van der Waals surface area contributed by atoms with E-state index in [4.69, 9.17) is 0 Å². The van der Waals surface area contributed by atoms with Crippen LogP contribution in [-0.2, 0) is 9.59 Å². The highest BCUT2D eigenvalue weighted by Gasteiger charge is 2.66. The van der Waals surface area contributed by atoms with Crippen LogP contribution >= 0.6 is 0 Å². The molecule has 8 nitrogen and oxygen atoms in total. The molecule has 6 rings (SSSR count). The standard InChI is InChI=1S/C45H69N3O5/c1-42(2)36(29-8-11-31(12-9-29)41(52)53)17-20-43(3)37(42)18-22-45(5)38(43)15-14-34-26-32(35-27-33(35)28-46-24-25-48(6)7)13-10-30(16-21-44(34,45)4)40(51)47-23-19-39(49)50/h8-9,11-12,17,30,32-35,37-38,46H,10,13-16,18-28H2,1-7H3,(H,47,51)(H,49,50)(H,52,53). The Morgan fingerprint density at radius 1 is 0.830 bits per heavy atom. The van der Waals surface area contributed by atoms with E-state index in [2.05, 4.69) is 70.3 Å². The van der Waals surface area contributed by atoms with Crippen LogP contribution in [-0.4, -0.2) is 73.2 Å². The molecular weight excluding hydrogens is 663 g/mol. The average molecular weight is 732 g/mol. The van der Waals surface area contributed by atoms with E-state index in [0.29, 0.717) is 29.2 Å². The van der Waals surface area contributed by atoms with Gasteiger partial charge in [-0.05, 0) is 172 Å². The van der Waals surface area contributed by atoms with E-state index < -0.39 is 11.9 Å². The van der Waals surface area contributed by atoms with Gasteiger partial charge in [0.15, 0.2) is 0 Å². The number of carboxylic acids is 2. The molecule has 0 spiro atoms. The van der Waals surface area contributed by atoms with Crippen molar-refractivity contribution in [3.63, 3.8) is 0 Å². The van der Waals surface area contributed by atoms with E-state index in [0.717, 1.165) is 69.1 Å². The average Bonchev–Trinajstić information content (AvgIpc) is 3.85. The number of likely N-dealkylation sites (N-methyl/N-ethyl adjacent to an activating group) is 1. The first kappa shape index (κ1) is 40.0. The largest absolute Gasteiger partial charge is 0.481 e. The number of nitrogens with one attached hydrogen (secondary N) is 2. The fourth-order valence-corrected chi connectivity index (χ4v) is 13.1. The highest BCUT2D eigenvalue weighted by molar-refractivity contribution is 5.88. The van der Waals surface area contributed by atoms with Gasteiger partial charge in [0.1, 0.15) is 0 Å². The van der Waals surface area contributed by atoms with Crippen molar-refractivity contribution < 1.29 is 24.6 Å². The van der Waals surface area contributed by atoms with Crippen LogP contribution in [0.2, 0.25) is 0 Å². The molecule has 1 amide bonds. The summed E-state index contributed by atoms with van der Waals surface area (Å²) in [4.78, 5) is 38.8. The fourth-order valence-electron chi connectivity index (χ4n) is 13.1. The third-order valence-corrected chi connectivity index (χ3v) is 16.3. The maximum Gasteiger partial charge on any atom is 0.335 e. The summed E-state index contributed by atoms with van der Waals surface area (Å²) < 4.78 is 0. The number of allylic oxidation sites excluding steroid dienone is 2. The maximum absolute atomic E-state index is 13.7. The number of hydrogen-bond acceptors (Lipinski definition) is 5. The Kier molecular flexibility index (Phi) is 11.6. The highest BCUT2D eigenvalue weighted by atomic mass is 16.4. The molecule has 4 saturated carbocycles. The second-order valence-electron chi connectivity index (χ2n) is 19.6. The molecule has 10 atom stereocenters. The quantitative estimate of drug-likeness (QED) is 0.160. The molecule has 5 aliphatic carbocycles. The number of benzene rings is 1. The molecule has 0 heterocycles. The second kappa shape index (κ2) is 15.4. The van der Waals surface area contributed by atoms with Gasteiger partial charge in [-0.2, -0.15) is 0 Å². The monoisotopic (exact) mass is 732 g/mol. The zero-order chi connectivity index (χ0) is 38.3. The molecule has 0 radical (unpaired) electrons. The lowest BCUT2D eigenvalue weighted by atomic mass is 9.35. The van der Waals surface area contributed by atoms with E-state index >= 15 is 0 Å². The summed E-state index contributed by atoms with van der Waals surface area (Å²) in [6.07, 6.45) is 14.9. The summed E-state index contributed by atoms with van der Waals surface area (Å²) in [7, 11) is 4.25. The number of aliphatic carboxylic acids is 1. The Labute approximate surface area is 319 Å². The zero-order valence-electron chi connectivity index (χ0n) is 33.8. The maximum atomic E-state index is 13.7. The predicted octanol–water partition coefficient (Wildman–Crippen LogP) is 8.23. The summed E-state index contributed by atoms with van der Waals surface area (Å²) in [5.74, 6) is 2.06. The summed E-state index contributed by atoms with van der Waals surface area (Å²) >= 11 is 0. The lowest BCUT2D eigenvalue weighted by molar-refractivity contribution is -0.195. The number of carboxylic acid groups (broad SMARTS) is 2. The SMILES string of the molecule is CN(C)CCNCC1CC1C1CCC(C(=O)NCCC(=O)O)CCC2(C)C(CCC3C4(C)CC=C(c5ccc(C(=O)O)cc5)C(C)(C)C4CCC32C)C1. The molecule has 294 valence electrons. The van der Waals surface area contributed by atoms with Gasteiger partial charge in [0.25, 0.3) is 0 Å². The van der Waals surface area contributed by atoms with E-state index in [1.165, 1.54) is 44.1 Å². The number of rotatable bonds is 12. The van der Waals surface area contributed by atoms with Crippen LogP contribution in [0.1, 0.15) is 128 Å². The molecular formula is C45H69N3O5. The van der Waals surface area contributed by atoms with E-state index in [1.54, 1.807) is 12.1 Å². The van der Waals surface area contributed by atoms with E-state index in [1.807, 2.05) is 12.1 Å². The van der Waals surface area contributed by atoms with Crippen molar-refractivity contribution >= 4 is 23.4 Å². The molecule has 0 aliphatic heterocycles. The fraction of sp³-hybridized carbons (Fsp3) is 0.756. The van der Waals surface area contributed by atoms with E-state index in [-0.39, 0.29) is 46.5 Å². The summed E-state index contributed by atoms with van der Waals surface area (Å²) in [6, 6.07) is 7.51. The molecule has 10 unspecified atom stereocenters. The summed E-state index contributed by atoms with van der Waals surface area (Å²) in [5, 5.41) is 25.5. The Morgan fingerprint density at radius 2 is 1.55 bits per heavy atom. The van der Waals surface area contributed by atoms with Crippen molar-refractivity contribution in [2.24, 2.45) is 63.1 Å². The molecule has 4 fully saturated rings. The first-order chi connectivity index (χ1) is 25.0. The van der Waals surface area contributed by atoms with Gasteiger partial charge in [-0.1, -0.05) is 52.8 Å². The van der Waals surface area contributed by atoms with Crippen molar-refractivity contribution in [1.29, 1.82) is 0 Å². The van der Waals surface area contributed by atoms with Crippen molar-refractivity contribution in [2.75, 3.05) is 40.3 Å². The van der Waals surface area contributed by atoms with Crippen LogP contribution in [0.3, 0.4) is 0 Å². The number of hydrogen-bond donors (Lipinski definition) is 4. The molecule has 5 aliphatic rings. The minimum atomic E-state index is -0.886. The predicted molar refractivity (Wildman–Crippen MR) is 211 cm³/mol. The highest BCUT2D eigenvalue weighted by Crippen LogP contribution is 2.74. The van der Waals surface area contributed by atoms with Gasteiger partial charge >= 0.3 is 11.9 Å². The number of aromatic carboxylic acids is 1. The van der Waals surface area contributed by atoms with Crippen molar-refractivity contribution in [2.45, 2.75) is 112 Å². The van der Waals surface area contributed by atoms with Crippen molar-refractivity contribution in [1.82, 2.24) is 15.5 Å². The van der Waals surface area contributed by atoms with Gasteiger partial charge < -0.3 is 25.7 Å². The van der Waals surface area contributed by atoms with Gasteiger partial charge in [0.2, 0.25) is 5.91 Å². The Morgan fingerprint density at radius 3 is 2.23 bits per heavy atom. The Balaban J connectivity index is 1.26. The smallest absolute Gasteiger partial charge is 0.335 e. The summed E-state index contributed by atoms with van der Waals surface area (Å²) in [5.41, 5.74) is 3.21. The number of carbonyl (C=O) groups excluding carboxylic acids is 1. The second-order valence-corrected chi connectivity index (χ2v) is 19.6. The van der Waals surface area contributed by atoms with Gasteiger partial charge in [-0.3, -0.25) is 9.59 Å². The minimum Gasteiger partial charge on any atom is -0.481 e. The first-order valence-corrected chi connectivity index (χ1v) is 20.9. The molecule has 0 aromatic heterocycles. The lowest BCUT2D eigenvalue weighted by Gasteiger charge is -2.70. The number of fused-ring (bicyclic) bond motifs is 5. The van der Waals surface area contributed by atoms with Gasteiger partial charge in [-0.25, -0.2) is 4.79 Å². The van der Waals surface area contributed by atoms with Crippen LogP contribution in [0.25, 0.3) is 5.57 Å². The molecule has 1 aromatic carbocycles. The van der Waals surface area contributed by atoms with Crippen LogP contribution in [0.15, 0.2) is 30.3 Å². The molecule has 0 bridgehead atoms. The van der Waals surface area contributed by atoms with Crippen LogP contribution in [0.5, 0.6) is 0 Å². The van der Waals surface area contributed by atoms with Crippen LogP contribution in [0.4, 0.5) is 0 Å². The molecule has 0 saturated heterocycles. The molecule has 8 heteroatoms. The minimum absolute atomic E-state index is 0.0366. The topological polar surface area (TPSA) is 119 Å². The Hall–Kier alpha value is -2.71. The normalized spacial score (nSPS) is 37.8. The van der Waals surface area contributed by atoms with Gasteiger partial charge in [0, 0.05) is 25.6 Å². The summed E-state index contributed by atoms with van der Waals surface area (Å²) in [6.45, 7) is 16.1.